The van der Waals surface area contributed by atoms with Gasteiger partial charge in [0.15, 0.2) is 0 Å². The third-order valence-corrected chi connectivity index (χ3v) is 5.25. The highest BCUT2D eigenvalue weighted by molar-refractivity contribution is 5.80. The molecule has 3 aromatic rings. The minimum Gasteiger partial charge on any atom is -0.494 e. The zero-order valence-corrected chi connectivity index (χ0v) is 16.5. The molecule has 1 amide bonds. The Balaban J connectivity index is 1.57. The predicted molar refractivity (Wildman–Crippen MR) is 108 cm³/mol. The molecule has 2 aromatic heterocycles. The normalized spacial score (nSPS) is 19.7. The van der Waals surface area contributed by atoms with Crippen LogP contribution >= 0.6 is 0 Å². The van der Waals surface area contributed by atoms with Gasteiger partial charge in [0.2, 0.25) is 5.91 Å². The van der Waals surface area contributed by atoms with Crippen LogP contribution in [-0.2, 0) is 9.53 Å². The van der Waals surface area contributed by atoms with Crippen molar-refractivity contribution >= 4 is 5.91 Å². The lowest BCUT2D eigenvalue weighted by atomic mass is 9.97. The smallest absolute Gasteiger partial charge is 0.226 e. The first kappa shape index (κ1) is 19.1. The zero-order chi connectivity index (χ0) is 20.2. The number of rotatable bonds is 6. The van der Waals surface area contributed by atoms with E-state index in [1.165, 1.54) is 0 Å². The zero-order valence-electron chi connectivity index (χ0n) is 16.5. The molecule has 1 saturated heterocycles. The van der Waals surface area contributed by atoms with E-state index < -0.39 is 0 Å². The molecule has 0 saturated carbocycles. The van der Waals surface area contributed by atoms with Crippen LogP contribution in [0.1, 0.15) is 36.7 Å². The van der Waals surface area contributed by atoms with E-state index in [9.17, 15) is 4.79 Å². The summed E-state index contributed by atoms with van der Waals surface area (Å²) in [7, 11) is 1.63. The van der Waals surface area contributed by atoms with Gasteiger partial charge in [0.05, 0.1) is 24.8 Å². The van der Waals surface area contributed by atoms with Crippen LogP contribution in [0.4, 0.5) is 0 Å². The topological polar surface area (TPSA) is 78.3 Å². The number of ether oxygens (including phenoxy) is 2. The second kappa shape index (κ2) is 8.45. The number of carbonyl (C=O) groups is 1. The fraction of sp³-hybridized carbons (Fsp3) is 0.318. The lowest BCUT2D eigenvalue weighted by molar-refractivity contribution is -0.127. The number of benzene rings is 1. The van der Waals surface area contributed by atoms with Gasteiger partial charge in [-0.15, -0.1) is 0 Å². The number of methoxy groups -OCH3 is 1. The van der Waals surface area contributed by atoms with Gasteiger partial charge in [-0.3, -0.25) is 9.78 Å². The molecule has 7 nitrogen and oxygen atoms in total. The van der Waals surface area contributed by atoms with Crippen molar-refractivity contribution in [1.82, 2.24) is 20.1 Å². The number of pyridine rings is 1. The fourth-order valence-electron chi connectivity index (χ4n) is 3.72. The largest absolute Gasteiger partial charge is 0.494 e. The van der Waals surface area contributed by atoms with Crippen molar-refractivity contribution < 1.29 is 14.3 Å². The van der Waals surface area contributed by atoms with Crippen LogP contribution in [0.5, 0.6) is 5.75 Å². The molecule has 0 radical (unpaired) electrons. The monoisotopic (exact) mass is 392 g/mol. The SMILES string of the molecule is COc1ccccc1-n1nccc1[C@H]1OCC[C@@H]1C(=O)N[C@H](C)c1cccnc1. The Bertz CT molecular complexity index is 973. The number of nitrogens with one attached hydrogen (secondary N) is 1. The number of hydrogen-bond donors (Lipinski definition) is 1. The molecule has 3 heterocycles. The first-order chi connectivity index (χ1) is 14.2. The van der Waals surface area contributed by atoms with Crippen LogP contribution in [0.3, 0.4) is 0 Å². The molecule has 150 valence electrons. The second-order valence-corrected chi connectivity index (χ2v) is 7.04. The van der Waals surface area contributed by atoms with Gasteiger partial charge >= 0.3 is 0 Å². The number of hydrogen-bond acceptors (Lipinski definition) is 5. The molecule has 1 aliphatic rings. The first-order valence-corrected chi connectivity index (χ1v) is 9.68. The summed E-state index contributed by atoms with van der Waals surface area (Å²) < 4.78 is 13.2. The Hall–Kier alpha value is -3.19. The number of para-hydroxylation sites is 2. The molecule has 1 N–H and O–H groups in total. The van der Waals surface area contributed by atoms with E-state index in [2.05, 4.69) is 15.4 Å². The molecule has 1 aromatic carbocycles. The van der Waals surface area contributed by atoms with E-state index in [0.717, 1.165) is 16.9 Å². The van der Waals surface area contributed by atoms with Crippen LogP contribution < -0.4 is 10.1 Å². The van der Waals surface area contributed by atoms with E-state index in [1.807, 2.05) is 49.4 Å². The Morgan fingerprint density at radius 1 is 1.24 bits per heavy atom. The van der Waals surface area contributed by atoms with Crippen molar-refractivity contribution in [2.24, 2.45) is 5.92 Å². The van der Waals surface area contributed by atoms with E-state index >= 15 is 0 Å². The summed E-state index contributed by atoms with van der Waals surface area (Å²) in [6.45, 7) is 2.49. The number of nitrogens with zero attached hydrogens (tertiary/aromatic N) is 3. The van der Waals surface area contributed by atoms with Crippen molar-refractivity contribution in [3.05, 3.63) is 72.3 Å². The van der Waals surface area contributed by atoms with Gasteiger partial charge in [-0.25, -0.2) is 4.68 Å². The third-order valence-electron chi connectivity index (χ3n) is 5.25. The Labute approximate surface area is 169 Å². The first-order valence-electron chi connectivity index (χ1n) is 9.68. The van der Waals surface area contributed by atoms with Gasteiger partial charge < -0.3 is 14.8 Å². The minimum absolute atomic E-state index is 0.0309. The predicted octanol–water partition coefficient (Wildman–Crippen LogP) is 3.23. The summed E-state index contributed by atoms with van der Waals surface area (Å²) >= 11 is 0. The maximum Gasteiger partial charge on any atom is 0.226 e. The van der Waals surface area contributed by atoms with E-state index in [1.54, 1.807) is 30.4 Å². The number of carbonyl (C=O) groups excluding carboxylic acids is 1. The molecule has 1 aliphatic heterocycles. The molecule has 0 aliphatic carbocycles. The fourth-order valence-corrected chi connectivity index (χ4v) is 3.72. The van der Waals surface area contributed by atoms with Gasteiger partial charge in [-0.1, -0.05) is 18.2 Å². The Morgan fingerprint density at radius 2 is 2.10 bits per heavy atom. The van der Waals surface area contributed by atoms with Gasteiger partial charge in [0, 0.05) is 25.2 Å². The van der Waals surface area contributed by atoms with Gasteiger partial charge in [0.25, 0.3) is 0 Å². The Morgan fingerprint density at radius 3 is 2.90 bits per heavy atom. The number of aromatic nitrogens is 3. The summed E-state index contributed by atoms with van der Waals surface area (Å²) in [5.41, 5.74) is 2.62. The third kappa shape index (κ3) is 3.86. The molecule has 1 fully saturated rings. The molecular formula is C22H24N4O3. The summed E-state index contributed by atoms with van der Waals surface area (Å²) in [6, 6.07) is 13.2. The molecule has 0 unspecified atom stereocenters. The maximum absolute atomic E-state index is 13.0. The van der Waals surface area contributed by atoms with Crippen LogP contribution in [0.15, 0.2) is 61.1 Å². The molecular weight excluding hydrogens is 368 g/mol. The van der Waals surface area contributed by atoms with Crippen molar-refractivity contribution in [3.8, 4) is 11.4 Å². The van der Waals surface area contributed by atoms with Gasteiger partial charge in [-0.2, -0.15) is 5.10 Å². The highest BCUT2D eigenvalue weighted by atomic mass is 16.5. The van der Waals surface area contributed by atoms with Crippen LogP contribution in [0.2, 0.25) is 0 Å². The summed E-state index contributed by atoms with van der Waals surface area (Å²) in [5.74, 6) is 0.387. The highest BCUT2D eigenvalue weighted by Gasteiger charge is 2.38. The summed E-state index contributed by atoms with van der Waals surface area (Å²) in [5, 5.41) is 7.56. The van der Waals surface area contributed by atoms with Crippen molar-refractivity contribution in [1.29, 1.82) is 0 Å². The second-order valence-electron chi connectivity index (χ2n) is 7.04. The average Bonchev–Trinajstić information content (AvgIpc) is 3.43. The quantitative estimate of drug-likeness (QED) is 0.697. The van der Waals surface area contributed by atoms with Crippen molar-refractivity contribution in [3.63, 3.8) is 0 Å². The van der Waals surface area contributed by atoms with Crippen LogP contribution in [0.25, 0.3) is 5.69 Å². The van der Waals surface area contributed by atoms with E-state index in [-0.39, 0.29) is 24.0 Å². The average molecular weight is 392 g/mol. The van der Waals surface area contributed by atoms with E-state index in [0.29, 0.717) is 18.8 Å². The molecule has 7 heteroatoms. The lowest BCUT2D eigenvalue weighted by Crippen LogP contribution is -2.34. The molecule has 4 rings (SSSR count). The standard InChI is InChI=1S/C22H24N4O3/c1-15(16-6-5-11-23-14-16)25-22(27)17-10-13-29-21(17)19-9-12-24-26(19)18-7-3-4-8-20(18)28-2/h3-9,11-12,14-15,17,21H,10,13H2,1-2H3,(H,25,27)/t15-,17+,21+/m1/s1. The highest BCUT2D eigenvalue weighted by Crippen LogP contribution is 2.37. The molecule has 29 heavy (non-hydrogen) atoms. The lowest BCUT2D eigenvalue weighted by Gasteiger charge is -2.22. The molecule has 3 atom stereocenters. The van der Waals surface area contributed by atoms with Gasteiger partial charge in [-0.05, 0) is 43.2 Å². The van der Waals surface area contributed by atoms with Crippen molar-refractivity contribution in [2.45, 2.75) is 25.5 Å². The Kier molecular flexibility index (Phi) is 5.57. The van der Waals surface area contributed by atoms with Crippen LogP contribution in [-0.4, -0.2) is 34.4 Å². The summed E-state index contributed by atoms with van der Waals surface area (Å²) in [4.78, 5) is 17.2. The van der Waals surface area contributed by atoms with Crippen molar-refractivity contribution in [2.75, 3.05) is 13.7 Å². The van der Waals surface area contributed by atoms with E-state index in [4.69, 9.17) is 9.47 Å². The summed E-state index contributed by atoms with van der Waals surface area (Å²) in [6.07, 6.45) is 5.50. The van der Waals surface area contributed by atoms with Crippen LogP contribution in [0, 0.1) is 5.92 Å². The molecule has 0 bridgehead atoms. The molecule has 0 spiro atoms. The maximum atomic E-state index is 13.0. The minimum atomic E-state index is -0.372. The number of amides is 1. The van der Waals surface area contributed by atoms with Gasteiger partial charge in [0.1, 0.15) is 17.5 Å².